The number of ether oxygens (including phenoxy) is 1. The second kappa shape index (κ2) is 8.99. The van der Waals surface area contributed by atoms with Crippen molar-refractivity contribution < 1.29 is 23.8 Å². The van der Waals surface area contributed by atoms with Crippen molar-refractivity contribution in [3.05, 3.63) is 69.6 Å². The van der Waals surface area contributed by atoms with Gasteiger partial charge in [-0.3, -0.25) is 15.1 Å². The highest BCUT2D eigenvalue weighted by molar-refractivity contribution is 7.26. The normalized spacial score (nSPS) is 13.8. The molecule has 184 valence electrons. The van der Waals surface area contributed by atoms with Crippen molar-refractivity contribution >= 4 is 61.1 Å². The minimum atomic E-state index is -0.854. The Balaban J connectivity index is 1.25. The Morgan fingerprint density at radius 1 is 1.16 bits per heavy atom. The smallest absolute Gasteiger partial charge is 0.412 e. The first-order chi connectivity index (χ1) is 17.9. The number of carbonyl (C=O) groups is 2. The summed E-state index contributed by atoms with van der Waals surface area (Å²) in [6, 6.07) is 9.40. The highest BCUT2D eigenvalue weighted by Gasteiger charge is 2.54. The van der Waals surface area contributed by atoms with Crippen LogP contribution in [0.15, 0.2) is 47.1 Å². The minimum absolute atomic E-state index is 0.130. The molecule has 1 aliphatic carbocycles. The van der Waals surface area contributed by atoms with E-state index in [0.717, 1.165) is 11.1 Å². The van der Waals surface area contributed by atoms with Gasteiger partial charge < -0.3 is 14.3 Å². The van der Waals surface area contributed by atoms with E-state index in [9.17, 15) is 14.7 Å². The van der Waals surface area contributed by atoms with Crippen LogP contribution in [-0.2, 0) is 21.6 Å². The molecule has 4 aromatic heterocycles. The maximum atomic E-state index is 12.6. The Kier molecular flexibility index (Phi) is 5.62. The van der Waals surface area contributed by atoms with E-state index in [-0.39, 0.29) is 12.4 Å². The van der Waals surface area contributed by atoms with E-state index < -0.39 is 17.5 Å². The van der Waals surface area contributed by atoms with Crippen LogP contribution >= 0.6 is 22.7 Å². The highest BCUT2D eigenvalue weighted by atomic mass is 32.1. The molecule has 1 aromatic carbocycles. The number of carbonyl (C=O) groups excluding carboxylic acids is 1. The van der Waals surface area contributed by atoms with Gasteiger partial charge in [0.05, 0.1) is 6.20 Å². The molecule has 0 radical (unpaired) electrons. The summed E-state index contributed by atoms with van der Waals surface area (Å²) in [5.74, 6) is 5.32. The van der Waals surface area contributed by atoms with Gasteiger partial charge in [0.15, 0.2) is 20.3 Å². The molecule has 0 saturated heterocycles. The summed E-state index contributed by atoms with van der Waals surface area (Å²) in [5.41, 5.74) is 1.94. The lowest BCUT2D eigenvalue weighted by Gasteiger charge is -2.08. The first kappa shape index (κ1) is 23.1. The maximum Gasteiger partial charge on any atom is 0.412 e. The summed E-state index contributed by atoms with van der Waals surface area (Å²) in [6.45, 7) is 2.08. The molecule has 1 saturated carbocycles. The van der Waals surface area contributed by atoms with Gasteiger partial charge in [0, 0.05) is 11.6 Å². The second-order valence-electron chi connectivity index (χ2n) is 8.59. The molecule has 0 unspecified atom stereocenters. The van der Waals surface area contributed by atoms with Crippen molar-refractivity contribution in [3.63, 3.8) is 0 Å². The van der Waals surface area contributed by atoms with Crippen molar-refractivity contribution in [2.75, 3.05) is 5.32 Å². The van der Waals surface area contributed by atoms with Crippen molar-refractivity contribution in [3.8, 4) is 11.8 Å². The lowest BCUT2D eigenvalue weighted by atomic mass is 10.1. The van der Waals surface area contributed by atoms with Crippen molar-refractivity contribution in [1.82, 2.24) is 15.0 Å². The fourth-order valence-electron chi connectivity index (χ4n) is 3.87. The standard InChI is InChI=1S/C26H18N4O5S2/c1-14-4-2-3-5-15(14)13-34-25(33)29-20-16-8-11-27-12-18(16)35-17(20)6-7-19-28-21-22(36-19)30-23(37-21)26(9-10-26)24(31)32/h2-5,8,11-12H,9-10,13H2,1H3,(H,29,33)(H,31,32). The molecule has 0 aliphatic heterocycles. The molecule has 2 N–H and O–H groups in total. The first-order valence-electron chi connectivity index (χ1n) is 11.3. The van der Waals surface area contributed by atoms with E-state index in [0.29, 0.717) is 49.2 Å². The van der Waals surface area contributed by atoms with Crippen LogP contribution in [-0.4, -0.2) is 32.1 Å². The lowest BCUT2D eigenvalue weighted by Crippen LogP contribution is -2.18. The third kappa shape index (κ3) is 4.30. The summed E-state index contributed by atoms with van der Waals surface area (Å²) in [7, 11) is 0. The van der Waals surface area contributed by atoms with E-state index in [2.05, 4.69) is 32.1 Å². The molecule has 0 atom stereocenters. The van der Waals surface area contributed by atoms with Gasteiger partial charge in [0.25, 0.3) is 0 Å². The predicted octanol–water partition coefficient (Wildman–Crippen LogP) is 5.47. The molecule has 0 bridgehead atoms. The number of amides is 1. The number of carboxylic acids is 1. The van der Waals surface area contributed by atoms with Crippen LogP contribution in [0.5, 0.6) is 0 Å². The van der Waals surface area contributed by atoms with Crippen LogP contribution < -0.4 is 5.32 Å². The number of thiazole rings is 2. The summed E-state index contributed by atoms with van der Waals surface area (Å²) in [5, 5.41) is 14.0. The van der Waals surface area contributed by atoms with E-state index in [1.54, 1.807) is 18.5 Å². The number of anilines is 1. The molecule has 11 heteroatoms. The van der Waals surface area contributed by atoms with Crippen LogP contribution in [0.3, 0.4) is 0 Å². The Labute approximate surface area is 218 Å². The summed E-state index contributed by atoms with van der Waals surface area (Å²) in [4.78, 5) is 38.6. The predicted molar refractivity (Wildman–Crippen MR) is 139 cm³/mol. The number of carboxylic acid groups (broad SMARTS) is 1. The fourth-order valence-corrected chi connectivity index (χ4v) is 6.01. The number of nitrogens with one attached hydrogen (secondary N) is 1. The number of hydrogen-bond donors (Lipinski definition) is 2. The van der Waals surface area contributed by atoms with Gasteiger partial charge in [0.1, 0.15) is 22.7 Å². The maximum absolute atomic E-state index is 12.6. The number of aliphatic carboxylic acids is 1. The highest BCUT2D eigenvalue weighted by Crippen LogP contribution is 2.50. The van der Waals surface area contributed by atoms with Crippen LogP contribution in [0.4, 0.5) is 10.5 Å². The van der Waals surface area contributed by atoms with Crippen LogP contribution in [0.1, 0.15) is 39.7 Å². The van der Waals surface area contributed by atoms with Gasteiger partial charge in [-0.1, -0.05) is 46.9 Å². The number of benzene rings is 1. The summed E-state index contributed by atoms with van der Waals surface area (Å²) in [6.07, 6.45) is 3.70. The molecule has 0 spiro atoms. The average molecular weight is 531 g/mol. The van der Waals surface area contributed by atoms with Crippen LogP contribution in [0.2, 0.25) is 0 Å². The Hall–Kier alpha value is -4.27. The molecule has 1 fully saturated rings. The number of aryl methyl sites for hydroxylation is 1. The number of fused-ring (bicyclic) bond motifs is 2. The summed E-state index contributed by atoms with van der Waals surface area (Å²) < 4.78 is 11.3. The van der Waals surface area contributed by atoms with Gasteiger partial charge in [-0.2, -0.15) is 0 Å². The average Bonchev–Trinajstić information content (AvgIpc) is 3.32. The molecule has 1 amide bonds. The molecule has 1 aliphatic rings. The fraction of sp³-hybridized carbons (Fsp3) is 0.192. The molecule has 37 heavy (non-hydrogen) atoms. The molecule has 4 heterocycles. The number of aromatic nitrogens is 3. The topological polar surface area (TPSA) is 127 Å². The van der Waals surface area contributed by atoms with Gasteiger partial charge in [-0.25, -0.2) is 14.8 Å². The monoisotopic (exact) mass is 530 g/mol. The van der Waals surface area contributed by atoms with E-state index in [1.807, 2.05) is 31.2 Å². The Morgan fingerprint density at radius 3 is 2.73 bits per heavy atom. The SMILES string of the molecule is Cc1ccccc1COC(=O)Nc1c(C#Cc2nc3sc(C4(C(=O)O)CC4)nc3s2)oc2cnccc12. The third-order valence-electron chi connectivity index (χ3n) is 6.17. The van der Waals surface area contributed by atoms with E-state index >= 15 is 0 Å². The molecule has 9 nitrogen and oxygen atoms in total. The van der Waals surface area contributed by atoms with Crippen molar-refractivity contribution in [1.29, 1.82) is 0 Å². The Bertz CT molecular complexity index is 1720. The quantitative estimate of drug-likeness (QED) is 0.287. The minimum Gasteiger partial charge on any atom is -0.481 e. The number of nitrogens with zero attached hydrogens (tertiary/aromatic N) is 3. The van der Waals surface area contributed by atoms with Gasteiger partial charge in [0.2, 0.25) is 5.76 Å². The van der Waals surface area contributed by atoms with Gasteiger partial charge in [-0.15, -0.1) is 0 Å². The van der Waals surface area contributed by atoms with Crippen LogP contribution in [0, 0.1) is 18.8 Å². The zero-order chi connectivity index (χ0) is 25.6. The lowest BCUT2D eigenvalue weighted by molar-refractivity contribution is -0.140. The zero-order valence-corrected chi connectivity index (χ0v) is 21.0. The number of rotatable bonds is 5. The van der Waals surface area contributed by atoms with Crippen LogP contribution in [0.25, 0.3) is 20.6 Å². The molecular weight excluding hydrogens is 512 g/mol. The third-order valence-corrected chi connectivity index (χ3v) is 8.31. The Morgan fingerprint density at radius 2 is 1.97 bits per heavy atom. The van der Waals surface area contributed by atoms with Gasteiger partial charge in [-0.05, 0) is 48.8 Å². The largest absolute Gasteiger partial charge is 0.481 e. The van der Waals surface area contributed by atoms with E-state index in [1.165, 1.54) is 22.7 Å². The molecule has 5 aromatic rings. The number of pyridine rings is 1. The second-order valence-corrected chi connectivity index (χ2v) is 10.5. The molecule has 6 rings (SSSR count). The van der Waals surface area contributed by atoms with Crippen molar-refractivity contribution in [2.24, 2.45) is 0 Å². The summed E-state index contributed by atoms with van der Waals surface area (Å²) >= 11 is 2.57. The number of hydrogen-bond acceptors (Lipinski definition) is 9. The van der Waals surface area contributed by atoms with E-state index in [4.69, 9.17) is 9.15 Å². The zero-order valence-electron chi connectivity index (χ0n) is 19.4. The van der Waals surface area contributed by atoms with Crippen molar-refractivity contribution in [2.45, 2.75) is 31.8 Å². The van der Waals surface area contributed by atoms with Gasteiger partial charge >= 0.3 is 12.1 Å². The number of furan rings is 1. The molecular formula is C26H18N4O5S2. The first-order valence-corrected chi connectivity index (χ1v) is 12.9.